The Morgan fingerprint density at radius 1 is 0.878 bits per heavy atom. The number of nitrogens with zero attached hydrogens (tertiary/aromatic N) is 7. The van der Waals surface area contributed by atoms with Gasteiger partial charge in [0.25, 0.3) is 0 Å². The van der Waals surface area contributed by atoms with Crippen LogP contribution in [0.25, 0.3) is 33.0 Å². The molecule has 49 heavy (non-hydrogen) atoms. The molecule has 5 N–H and O–H groups in total. The lowest BCUT2D eigenvalue weighted by Crippen LogP contribution is -2.49. The molecule has 2 aromatic carbocycles. The van der Waals surface area contributed by atoms with E-state index < -0.39 is 23.5 Å². The van der Waals surface area contributed by atoms with E-state index in [4.69, 9.17) is 31.6 Å². The van der Waals surface area contributed by atoms with Crippen LogP contribution in [0.4, 0.5) is 5.00 Å². The number of anilines is 1. The number of nitrogens with two attached hydrogens (primary N) is 2. The lowest BCUT2D eigenvalue weighted by atomic mass is 9.74. The molecule has 0 amide bonds. The first-order valence-electron chi connectivity index (χ1n) is 15.8. The molecule has 0 spiro atoms. The molecule has 2 aromatic heterocycles. The third-order valence-corrected chi connectivity index (χ3v) is 10.2. The summed E-state index contributed by atoms with van der Waals surface area (Å²) in [5.41, 5.74) is 23.2. The van der Waals surface area contributed by atoms with E-state index in [1.807, 2.05) is 67.6 Å². The minimum atomic E-state index is -1.06. The van der Waals surface area contributed by atoms with Crippen molar-refractivity contribution in [2.75, 3.05) is 32.2 Å². The third-order valence-electron chi connectivity index (χ3n) is 8.93. The number of carbonyl (C=O) groups excluding carboxylic acids is 1. The fraction of sp³-hybridized carbons (Fsp3) is 0.455. The highest BCUT2D eigenvalue weighted by atomic mass is 32.1. The van der Waals surface area contributed by atoms with Crippen molar-refractivity contribution in [1.29, 1.82) is 0 Å². The molecule has 4 heterocycles. The predicted octanol–water partition coefficient (Wildman–Crippen LogP) is 5.81. The van der Waals surface area contributed by atoms with E-state index in [0.717, 1.165) is 40.2 Å². The number of ether oxygens (including phenoxy) is 2. The minimum Gasteiger partial charge on any atom is -0.481 e. The summed E-state index contributed by atoms with van der Waals surface area (Å²) in [5.74, 6) is -1.01. The maximum absolute atomic E-state index is 12.7. The lowest BCUT2D eigenvalue weighted by molar-refractivity contribution is -0.143. The molecular weight excluding hydrogens is 667 g/mol. The second-order valence-electron chi connectivity index (χ2n) is 12.4. The van der Waals surface area contributed by atoms with E-state index in [9.17, 15) is 9.59 Å². The average Bonchev–Trinajstić information content (AvgIpc) is 3.77. The molecule has 2 fully saturated rings. The molecule has 2 atom stereocenters. The number of benzene rings is 2. The number of carboxylic acids is 1. The van der Waals surface area contributed by atoms with Gasteiger partial charge in [-0.25, -0.2) is 0 Å². The number of aromatic nitrogens is 4. The molecule has 0 aliphatic carbocycles. The number of aliphatic carboxylic acids is 1. The zero-order valence-corrected chi connectivity index (χ0v) is 29.1. The fourth-order valence-electron chi connectivity index (χ4n) is 5.59. The standard InChI is InChI=1S/C17H21N3O2S.C8H13N3O3.C8H7N3S/c1-17(7-9-22-10-8-17)16(18)13(21)11-14-15(19-20-23-14)12-5-3-2-4-6-12;1-8(2-4-14-5-3-8)6(7(12)13)10-11-9;9-8-7(10-11-12-8)6-4-2-1-3-5-6/h2-6,16H,7-11,18H2,1H3;6H,2-5H2,1H3,(H,12,13);1-5H,9H2/t16-;6-;/m11./s1. The first-order valence-corrected chi connectivity index (χ1v) is 17.3. The highest BCUT2D eigenvalue weighted by Gasteiger charge is 2.40. The van der Waals surface area contributed by atoms with Gasteiger partial charge in [0.15, 0.2) is 5.78 Å². The van der Waals surface area contributed by atoms with E-state index in [1.54, 1.807) is 0 Å². The molecule has 0 radical (unpaired) electrons. The second kappa shape index (κ2) is 17.9. The summed E-state index contributed by atoms with van der Waals surface area (Å²) in [6, 6.07) is 18.1. The van der Waals surface area contributed by atoms with Crippen molar-refractivity contribution in [3.63, 3.8) is 0 Å². The van der Waals surface area contributed by atoms with Crippen LogP contribution in [0.15, 0.2) is 65.8 Å². The van der Waals surface area contributed by atoms with Gasteiger partial charge < -0.3 is 26.0 Å². The topological polar surface area (TPSA) is 225 Å². The highest BCUT2D eigenvalue weighted by Crippen LogP contribution is 2.36. The normalized spacial score (nSPS) is 17.4. The highest BCUT2D eigenvalue weighted by molar-refractivity contribution is 7.10. The van der Waals surface area contributed by atoms with Crippen molar-refractivity contribution in [2.24, 2.45) is 21.7 Å². The molecular formula is C33H41N9O5S2. The Morgan fingerprint density at radius 2 is 1.37 bits per heavy atom. The first-order chi connectivity index (χ1) is 23.6. The van der Waals surface area contributed by atoms with Crippen LogP contribution >= 0.6 is 23.1 Å². The van der Waals surface area contributed by atoms with Crippen molar-refractivity contribution in [3.05, 3.63) is 76.0 Å². The molecule has 2 aliphatic heterocycles. The molecule has 0 unspecified atom stereocenters. The van der Waals surface area contributed by atoms with Crippen LogP contribution in [0.5, 0.6) is 0 Å². The van der Waals surface area contributed by atoms with Crippen LogP contribution in [0, 0.1) is 10.8 Å². The molecule has 0 bridgehead atoms. The third kappa shape index (κ3) is 10.1. The van der Waals surface area contributed by atoms with Gasteiger partial charge in [-0.2, -0.15) is 0 Å². The molecule has 16 heteroatoms. The van der Waals surface area contributed by atoms with Crippen LogP contribution in [0.2, 0.25) is 0 Å². The number of azide groups is 1. The summed E-state index contributed by atoms with van der Waals surface area (Å²) in [6.07, 6.45) is 3.17. The number of carbonyl (C=O) groups is 2. The Bertz CT molecular complexity index is 1680. The van der Waals surface area contributed by atoms with Crippen LogP contribution in [-0.4, -0.2) is 74.5 Å². The largest absolute Gasteiger partial charge is 0.481 e. The van der Waals surface area contributed by atoms with E-state index in [0.29, 0.717) is 50.7 Å². The van der Waals surface area contributed by atoms with Gasteiger partial charge in [-0.05, 0) is 53.6 Å². The first kappa shape index (κ1) is 37.5. The van der Waals surface area contributed by atoms with Crippen molar-refractivity contribution >= 4 is 39.8 Å². The summed E-state index contributed by atoms with van der Waals surface area (Å²) < 4.78 is 18.3. The van der Waals surface area contributed by atoms with Crippen LogP contribution < -0.4 is 11.5 Å². The Morgan fingerprint density at radius 3 is 1.86 bits per heavy atom. The van der Waals surface area contributed by atoms with E-state index in [2.05, 4.69) is 36.1 Å². The van der Waals surface area contributed by atoms with Gasteiger partial charge in [0.2, 0.25) is 0 Å². The Balaban J connectivity index is 0.000000178. The van der Waals surface area contributed by atoms with Crippen LogP contribution in [-0.2, 0) is 25.5 Å². The Kier molecular flexibility index (Phi) is 13.7. The van der Waals surface area contributed by atoms with Gasteiger partial charge in [-0.1, -0.05) is 88.6 Å². The summed E-state index contributed by atoms with van der Waals surface area (Å²) in [6.45, 7) is 6.32. The van der Waals surface area contributed by atoms with Crippen molar-refractivity contribution in [1.82, 2.24) is 19.2 Å². The van der Waals surface area contributed by atoms with Gasteiger partial charge in [0.1, 0.15) is 22.4 Å². The Hall–Kier alpha value is -4.31. The molecule has 14 nitrogen and oxygen atoms in total. The van der Waals surface area contributed by atoms with E-state index in [1.165, 1.54) is 23.1 Å². The summed E-state index contributed by atoms with van der Waals surface area (Å²) in [5, 5.41) is 21.0. The summed E-state index contributed by atoms with van der Waals surface area (Å²) in [7, 11) is 0. The maximum atomic E-state index is 12.7. The van der Waals surface area contributed by atoms with Gasteiger partial charge >= 0.3 is 5.97 Å². The van der Waals surface area contributed by atoms with Crippen molar-refractivity contribution < 1.29 is 24.2 Å². The molecule has 6 rings (SSSR count). The number of ketones is 1. The summed E-state index contributed by atoms with van der Waals surface area (Å²) >= 11 is 2.49. The zero-order valence-electron chi connectivity index (χ0n) is 27.5. The summed E-state index contributed by atoms with van der Waals surface area (Å²) in [4.78, 5) is 27.0. The average molecular weight is 708 g/mol. The lowest BCUT2D eigenvalue weighted by Gasteiger charge is -2.37. The number of carboxylic acid groups (broad SMARTS) is 1. The molecule has 2 aliphatic rings. The molecule has 2 saturated heterocycles. The van der Waals surface area contributed by atoms with Crippen molar-refractivity contribution in [2.45, 2.75) is 58.0 Å². The number of nitrogen functional groups attached to an aromatic ring is 1. The number of hydrogen-bond donors (Lipinski definition) is 3. The fourth-order valence-corrected chi connectivity index (χ4v) is 6.72. The zero-order chi connectivity index (χ0) is 35.3. The monoisotopic (exact) mass is 707 g/mol. The SMILES string of the molecule is CC1([C@H](N)C(=O)Cc2snnc2-c2ccccc2)CCOCC1.CC1([C@H](N=[N+]=[N-])C(=O)O)CCOCC1.Nc1snnc1-c1ccccc1. The quantitative estimate of drug-likeness (QED) is 0.107. The second-order valence-corrected chi connectivity index (χ2v) is 14.0. The molecule has 260 valence electrons. The van der Waals surface area contributed by atoms with Gasteiger partial charge in [0.05, 0.1) is 10.9 Å². The van der Waals surface area contributed by atoms with Crippen molar-refractivity contribution in [3.8, 4) is 22.5 Å². The van der Waals surface area contributed by atoms with Crippen LogP contribution in [0.3, 0.4) is 0 Å². The number of Topliss-reactive ketones (excluding diaryl/α,β-unsaturated/α-hetero) is 1. The van der Waals surface area contributed by atoms with Gasteiger partial charge in [-0.15, -0.1) is 10.2 Å². The molecule has 4 aromatic rings. The van der Waals surface area contributed by atoms with Crippen LogP contribution in [0.1, 0.15) is 44.4 Å². The van der Waals surface area contributed by atoms with E-state index in [-0.39, 0.29) is 11.2 Å². The van der Waals surface area contributed by atoms with Gasteiger partial charge in [-0.3, -0.25) is 9.59 Å². The predicted molar refractivity (Wildman–Crippen MR) is 189 cm³/mol. The number of rotatable bonds is 9. The van der Waals surface area contributed by atoms with Gasteiger partial charge in [0, 0.05) is 60.4 Å². The maximum Gasteiger partial charge on any atom is 0.313 e. The minimum absolute atomic E-state index is 0.0534. The molecule has 0 saturated carbocycles. The Labute approximate surface area is 292 Å². The number of hydrogen-bond acceptors (Lipinski definition) is 13. The van der Waals surface area contributed by atoms with E-state index >= 15 is 0 Å². The smallest absolute Gasteiger partial charge is 0.313 e.